The van der Waals surface area contributed by atoms with Crippen LogP contribution in [-0.2, 0) is 4.74 Å². The summed E-state index contributed by atoms with van der Waals surface area (Å²) in [5, 5.41) is 2.25. The highest BCUT2D eigenvalue weighted by atomic mass is 32.1. The topological polar surface area (TPSA) is 21.6 Å². The van der Waals surface area contributed by atoms with E-state index in [-0.39, 0.29) is 5.17 Å². The zero-order chi connectivity index (χ0) is 6.41. The van der Waals surface area contributed by atoms with Gasteiger partial charge in [-0.05, 0) is 31.4 Å². The number of rotatable bonds is 1. The Labute approximate surface area is 58.6 Å². The molecule has 0 aromatic rings. The van der Waals surface area contributed by atoms with Gasteiger partial charge < -0.3 is 4.74 Å². The molecule has 0 aliphatic heterocycles. The van der Waals surface area contributed by atoms with Gasteiger partial charge in [0.05, 0.1) is 11.8 Å². The molecule has 0 bridgehead atoms. The van der Waals surface area contributed by atoms with Crippen molar-refractivity contribution in [3.63, 3.8) is 0 Å². The van der Waals surface area contributed by atoms with Crippen LogP contribution in [0.2, 0.25) is 0 Å². The van der Waals surface area contributed by atoms with Crippen molar-refractivity contribution in [2.24, 2.45) is 4.99 Å². The van der Waals surface area contributed by atoms with Gasteiger partial charge in [0, 0.05) is 0 Å². The Morgan fingerprint density at radius 1 is 1.88 bits per heavy atom. The van der Waals surface area contributed by atoms with Gasteiger partial charge in [-0.3, -0.25) is 0 Å². The Morgan fingerprint density at radius 3 is 2.88 bits per heavy atom. The number of hydrogen-bond acceptors (Lipinski definition) is 3. The second-order valence-electron chi connectivity index (χ2n) is 0.902. The molecule has 0 radical (unpaired) electrons. The van der Waals surface area contributed by atoms with E-state index in [0.29, 0.717) is 6.61 Å². The van der Waals surface area contributed by atoms with Crippen LogP contribution in [0.1, 0.15) is 6.92 Å². The third-order valence-corrected chi connectivity index (χ3v) is 0.705. The molecule has 0 amide bonds. The van der Waals surface area contributed by atoms with Gasteiger partial charge >= 0.3 is 0 Å². The first kappa shape index (κ1) is 7.69. The van der Waals surface area contributed by atoms with E-state index in [0.717, 1.165) is 0 Å². The van der Waals surface area contributed by atoms with Crippen LogP contribution in [0.4, 0.5) is 0 Å². The normalized spacial score (nSPS) is 7.12. The summed E-state index contributed by atoms with van der Waals surface area (Å²) in [6, 6.07) is 0. The first-order valence-corrected chi connectivity index (χ1v) is 2.87. The summed E-state index contributed by atoms with van der Waals surface area (Å²) in [6.07, 6.45) is 0. The number of thiocarbonyl (C=S) groups is 2. The lowest BCUT2D eigenvalue weighted by molar-refractivity contribution is 0.332. The molecular formula is C4H5NOS2. The fourth-order valence-electron chi connectivity index (χ4n) is 0.193. The first-order chi connectivity index (χ1) is 3.81. The van der Waals surface area contributed by atoms with Crippen LogP contribution in [0, 0.1) is 0 Å². The Morgan fingerprint density at radius 2 is 2.50 bits per heavy atom. The van der Waals surface area contributed by atoms with Crippen molar-refractivity contribution in [3.8, 4) is 0 Å². The van der Waals surface area contributed by atoms with E-state index in [2.05, 4.69) is 34.6 Å². The highest BCUT2D eigenvalue weighted by Crippen LogP contribution is 1.80. The maximum Gasteiger partial charge on any atom is 0.292 e. The Kier molecular flexibility index (Phi) is 4.65. The molecule has 0 aromatic heterocycles. The largest absolute Gasteiger partial charge is 0.469 e. The van der Waals surface area contributed by atoms with Gasteiger partial charge in [0.15, 0.2) is 0 Å². The van der Waals surface area contributed by atoms with Crippen LogP contribution in [0.3, 0.4) is 0 Å². The van der Waals surface area contributed by atoms with E-state index in [1.807, 2.05) is 6.92 Å². The van der Waals surface area contributed by atoms with Crippen LogP contribution in [0.15, 0.2) is 4.99 Å². The maximum atomic E-state index is 4.72. The lowest BCUT2D eigenvalue weighted by Crippen LogP contribution is -1.95. The van der Waals surface area contributed by atoms with Gasteiger partial charge in [0.1, 0.15) is 0 Å². The molecule has 0 saturated carbocycles. The summed E-state index contributed by atoms with van der Waals surface area (Å²) >= 11 is 8.79. The van der Waals surface area contributed by atoms with Crippen molar-refractivity contribution in [3.05, 3.63) is 0 Å². The van der Waals surface area contributed by atoms with Crippen molar-refractivity contribution in [1.82, 2.24) is 0 Å². The summed E-state index contributed by atoms with van der Waals surface area (Å²) in [6.45, 7) is 2.35. The molecule has 0 unspecified atom stereocenters. The third kappa shape index (κ3) is 3.87. The monoisotopic (exact) mass is 147 g/mol. The molecule has 0 spiro atoms. The predicted molar refractivity (Wildman–Crippen MR) is 39.3 cm³/mol. The van der Waals surface area contributed by atoms with Gasteiger partial charge in [-0.2, -0.15) is 0 Å². The summed E-state index contributed by atoms with van der Waals surface area (Å²) in [7, 11) is 0. The van der Waals surface area contributed by atoms with Crippen molar-refractivity contribution in [2.45, 2.75) is 6.92 Å². The summed E-state index contributed by atoms with van der Waals surface area (Å²) in [4.78, 5) is 3.39. The minimum atomic E-state index is 0.155. The molecule has 0 saturated heterocycles. The number of isothiocyanates is 1. The lowest BCUT2D eigenvalue weighted by Gasteiger charge is -1.92. The molecule has 0 heterocycles. The minimum Gasteiger partial charge on any atom is -0.469 e. The third-order valence-electron chi connectivity index (χ3n) is 0.405. The van der Waals surface area contributed by atoms with Crippen molar-refractivity contribution < 1.29 is 4.74 Å². The zero-order valence-electron chi connectivity index (χ0n) is 4.38. The van der Waals surface area contributed by atoms with Crippen LogP contribution in [0.25, 0.3) is 0 Å². The molecule has 0 rings (SSSR count). The number of nitrogens with zero attached hydrogens (tertiary/aromatic N) is 1. The van der Waals surface area contributed by atoms with Gasteiger partial charge in [-0.15, -0.1) is 4.99 Å². The molecule has 0 aromatic carbocycles. The van der Waals surface area contributed by atoms with Gasteiger partial charge in [0.2, 0.25) is 0 Å². The Hall–Kier alpha value is -0.310. The molecule has 0 N–H and O–H groups in total. The van der Waals surface area contributed by atoms with E-state index in [1.165, 1.54) is 0 Å². The fourth-order valence-corrected chi connectivity index (χ4v) is 0.497. The number of ether oxygens (including phenoxy) is 1. The Bertz CT molecular complexity index is 128. The fraction of sp³-hybridized carbons (Fsp3) is 0.500. The standard InChI is InChI=1S/C4H5NOS2/c1-2-6-4(8)5-3-7/h2H2,1H3. The Balaban J connectivity index is 3.49. The van der Waals surface area contributed by atoms with Crippen LogP contribution >= 0.6 is 24.4 Å². The van der Waals surface area contributed by atoms with Crippen molar-refractivity contribution >= 4 is 34.8 Å². The van der Waals surface area contributed by atoms with E-state index < -0.39 is 0 Å². The van der Waals surface area contributed by atoms with Crippen LogP contribution in [-0.4, -0.2) is 16.9 Å². The molecule has 4 heteroatoms. The molecule has 44 valence electrons. The van der Waals surface area contributed by atoms with Gasteiger partial charge in [-0.1, -0.05) is 0 Å². The second-order valence-corrected chi connectivity index (χ2v) is 1.43. The van der Waals surface area contributed by atoms with Crippen LogP contribution < -0.4 is 0 Å². The number of hydrogen-bond donors (Lipinski definition) is 0. The average molecular weight is 147 g/mol. The predicted octanol–water partition coefficient (Wildman–Crippen LogP) is 1.41. The minimum absolute atomic E-state index is 0.155. The maximum absolute atomic E-state index is 4.72. The highest BCUT2D eigenvalue weighted by Gasteiger charge is 1.84. The molecule has 0 aliphatic carbocycles. The second kappa shape index (κ2) is 4.84. The smallest absolute Gasteiger partial charge is 0.292 e. The first-order valence-electron chi connectivity index (χ1n) is 2.06. The van der Waals surface area contributed by atoms with Crippen LogP contribution in [0.5, 0.6) is 0 Å². The molecule has 0 aliphatic rings. The summed E-state index contributed by atoms with van der Waals surface area (Å²) in [5.74, 6) is 0. The van der Waals surface area contributed by atoms with E-state index in [1.54, 1.807) is 0 Å². The summed E-state index contributed by atoms with van der Waals surface area (Å²) in [5.41, 5.74) is 0. The lowest BCUT2D eigenvalue weighted by atomic mass is 10.9. The average Bonchev–Trinajstić information content (AvgIpc) is 1.68. The highest BCUT2D eigenvalue weighted by molar-refractivity contribution is 7.80. The van der Waals surface area contributed by atoms with Gasteiger partial charge in [0.25, 0.3) is 5.17 Å². The summed E-state index contributed by atoms with van der Waals surface area (Å²) < 4.78 is 4.72. The quantitative estimate of drug-likeness (QED) is 0.413. The molecule has 0 fully saturated rings. The zero-order valence-corrected chi connectivity index (χ0v) is 6.01. The molecule has 2 nitrogen and oxygen atoms in total. The van der Waals surface area contributed by atoms with Crippen molar-refractivity contribution in [2.75, 3.05) is 6.61 Å². The van der Waals surface area contributed by atoms with E-state index in [4.69, 9.17) is 4.74 Å². The van der Waals surface area contributed by atoms with Crippen molar-refractivity contribution in [1.29, 1.82) is 0 Å². The SMILES string of the molecule is CCOC(=S)N=C=S. The molecular weight excluding hydrogens is 142 g/mol. The van der Waals surface area contributed by atoms with E-state index in [9.17, 15) is 0 Å². The molecule has 0 atom stereocenters. The number of aliphatic imine (C=N–C) groups is 1. The molecule has 8 heavy (non-hydrogen) atoms. The van der Waals surface area contributed by atoms with E-state index >= 15 is 0 Å². The van der Waals surface area contributed by atoms with Gasteiger partial charge in [-0.25, -0.2) is 0 Å².